The maximum absolute atomic E-state index is 12.9. The van der Waals surface area contributed by atoms with Crippen LogP contribution in [0.5, 0.6) is 5.75 Å². The molecule has 2 aromatic heterocycles. The van der Waals surface area contributed by atoms with Gasteiger partial charge in [0, 0.05) is 42.4 Å². The lowest BCUT2D eigenvalue weighted by molar-refractivity contribution is -0.131. The van der Waals surface area contributed by atoms with Crippen molar-refractivity contribution < 1.29 is 13.9 Å². The van der Waals surface area contributed by atoms with Gasteiger partial charge in [-0.1, -0.05) is 0 Å². The van der Waals surface area contributed by atoms with Crippen LogP contribution in [0.25, 0.3) is 11.0 Å². The Labute approximate surface area is 146 Å². The highest BCUT2D eigenvalue weighted by atomic mass is 16.5. The SMILES string of the molecule is COc1ccc2c(CC(=O)N3CCC[C@@H]3c3cnn(C)c3)coc2c1. The molecular weight excluding hydrogens is 318 g/mol. The van der Waals surface area contributed by atoms with E-state index in [1.807, 2.05) is 42.5 Å². The van der Waals surface area contributed by atoms with Gasteiger partial charge in [0.1, 0.15) is 11.3 Å². The molecule has 0 unspecified atom stereocenters. The Hall–Kier alpha value is -2.76. The van der Waals surface area contributed by atoms with Crippen LogP contribution in [0.2, 0.25) is 0 Å². The lowest BCUT2D eigenvalue weighted by Crippen LogP contribution is -2.31. The zero-order valence-electron chi connectivity index (χ0n) is 14.4. The van der Waals surface area contributed by atoms with Crippen molar-refractivity contribution in [3.8, 4) is 5.75 Å². The Morgan fingerprint density at radius 3 is 3.08 bits per heavy atom. The molecule has 1 fully saturated rings. The predicted molar refractivity (Wildman–Crippen MR) is 93.4 cm³/mol. The average molecular weight is 339 g/mol. The fourth-order valence-corrected chi connectivity index (χ4v) is 3.62. The summed E-state index contributed by atoms with van der Waals surface area (Å²) >= 11 is 0. The largest absolute Gasteiger partial charge is 0.497 e. The number of nitrogens with zero attached hydrogens (tertiary/aromatic N) is 3. The minimum absolute atomic E-state index is 0.124. The molecule has 3 aromatic rings. The van der Waals surface area contributed by atoms with Gasteiger partial charge in [-0.2, -0.15) is 5.10 Å². The van der Waals surface area contributed by atoms with Crippen molar-refractivity contribution in [1.29, 1.82) is 0 Å². The zero-order valence-corrected chi connectivity index (χ0v) is 14.4. The predicted octanol–water partition coefficient (Wildman–Crippen LogP) is 3.08. The van der Waals surface area contributed by atoms with Crippen LogP contribution in [0, 0.1) is 0 Å². The van der Waals surface area contributed by atoms with Crippen LogP contribution >= 0.6 is 0 Å². The van der Waals surface area contributed by atoms with Gasteiger partial charge in [-0.3, -0.25) is 9.48 Å². The molecule has 1 aliphatic rings. The second-order valence-corrected chi connectivity index (χ2v) is 6.49. The molecule has 0 spiro atoms. The van der Waals surface area contributed by atoms with Crippen LogP contribution in [0.3, 0.4) is 0 Å². The first kappa shape index (κ1) is 15.7. The molecule has 4 rings (SSSR count). The Kier molecular flexibility index (Phi) is 3.95. The summed E-state index contributed by atoms with van der Waals surface area (Å²) in [5, 5.41) is 5.20. The maximum atomic E-state index is 12.9. The Bertz CT molecular complexity index is 912. The number of amides is 1. The van der Waals surface area contributed by atoms with Gasteiger partial charge in [-0.15, -0.1) is 0 Å². The smallest absolute Gasteiger partial charge is 0.227 e. The van der Waals surface area contributed by atoms with Crippen LogP contribution in [0.4, 0.5) is 0 Å². The van der Waals surface area contributed by atoms with Crippen molar-refractivity contribution in [3.63, 3.8) is 0 Å². The highest BCUT2D eigenvalue weighted by Gasteiger charge is 2.31. The minimum atomic E-state index is 0.124. The summed E-state index contributed by atoms with van der Waals surface area (Å²) in [7, 11) is 3.52. The van der Waals surface area contributed by atoms with Gasteiger partial charge in [0.05, 0.1) is 32.0 Å². The topological polar surface area (TPSA) is 60.5 Å². The lowest BCUT2D eigenvalue weighted by atomic mass is 10.1. The van der Waals surface area contributed by atoms with E-state index in [2.05, 4.69) is 5.10 Å². The summed E-state index contributed by atoms with van der Waals surface area (Å²) in [5.41, 5.74) is 2.77. The quantitative estimate of drug-likeness (QED) is 0.733. The molecule has 130 valence electrons. The third kappa shape index (κ3) is 2.88. The van der Waals surface area contributed by atoms with Crippen LogP contribution in [0.1, 0.15) is 30.0 Å². The monoisotopic (exact) mass is 339 g/mol. The van der Waals surface area contributed by atoms with Crippen LogP contribution in [-0.2, 0) is 18.3 Å². The summed E-state index contributed by atoms with van der Waals surface area (Å²) in [6.07, 6.45) is 7.88. The number of carbonyl (C=O) groups excluding carboxylic acids is 1. The van der Waals surface area contributed by atoms with E-state index in [1.165, 1.54) is 0 Å². The van der Waals surface area contributed by atoms with Crippen molar-refractivity contribution >= 4 is 16.9 Å². The number of ether oxygens (including phenoxy) is 1. The van der Waals surface area contributed by atoms with Crippen LogP contribution in [-0.4, -0.2) is 34.2 Å². The summed E-state index contributed by atoms with van der Waals surface area (Å²) in [4.78, 5) is 14.9. The van der Waals surface area contributed by atoms with Crippen LogP contribution < -0.4 is 4.74 Å². The molecule has 1 atom stereocenters. The first-order valence-electron chi connectivity index (χ1n) is 8.48. The number of fused-ring (bicyclic) bond motifs is 1. The second kappa shape index (κ2) is 6.27. The highest BCUT2D eigenvalue weighted by Crippen LogP contribution is 2.33. The van der Waals surface area contributed by atoms with Gasteiger partial charge < -0.3 is 14.1 Å². The van der Waals surface area contributed by atoms with Gasteiger partial charge in [0.25, 0.3) is 0 Å². The van der Waals surface area contributed by atoms with E-state index in [-0.39, 0.29) is 11.9 Å². The molecule has 6 heteroatoms. The molecular formula is C19H21N3O3. The van der Waals surface area contributed by atoms with Gasteiger partial charge in [-0.05, 0) is 25.0 Å². The molecule has 1 amide bonds. The third-order valence-corrected chi connectivity index (χ3v) is 4.89. The van der Waals surface area contributed by atoms with Crippen LogP contribution in [0.15, 0.2) is 41.3 Å². The molecule has 0 aliphatic carbocycles. The first-order valence-corrected chi connectivity index (χ1v) is 8.48. The van der Waals surface area contributed by atoms with Crippen molar-refractivity contribution in [3.05, 3.63) is 48.0 Å². The number of likely N-dealkylation sites (tertiary alicyclic amines) is 1. The Morgan fingerprint density at radius 2 is 2.32 bits per heavy atom. The average Bonchev–Trinajstić information content (AvgIpc) is 3.33. The fraction of sp³-hybridized carbons (Fsp3) is 0.368. The standard InChI is InChI=1S/C19H21N3O3/c1-21-11-14(10-20-21)17-4-3-7-22(17)19(23)8-13-12-25-18-9-15(24-2)5-6-16(13)18/h5-6,9-12,17H,3-4,7-8H2,1-2H3/t17-/m1/s1. The molecule has 6 nitrogen and oxygen atoms in total. The van der Waals surface area contributed by atoms with Crippen molar-refractivity contribution in [2.75, 3.05) is 13.7 Å². The fourth-order valence-electron chi connectivity index (χ4n) is 3.62. The van der Waals surface area contributed by atoms with Crippen molar-refractivity contribution in [2.24, 2.45) is 7.05 Å². The van der Waals surface area contributed by atoms with E-state index in [4.69, 9.17) is 9.15 Å². The normalized spacial score (nSPS) is 17.4. The highest BCUT2D eigenvalue weighted by molar-refractivity contribution is 5.88. The molecule has 1 aliphatic heterocycles. The Morgan fingerprint density at radius 1 is 1.44 bits per heavy atom. The second-order valence-electron chi connectivity index (χ2n) is 6.49. The zero-order chi connectivity index (χ0) is 17.4. The number of carbonyl (C=O) groups is 1. The Balaban J connectivity index is 1.55. The van der Waals surface area contributed by atoms with E-state index in [0.29, 0.717) is 6.42 Å². The molecule has 0 radical (unpaired) electrons. The number of rotatable bonds is 4. The molecule has 0 N–H and O–H groups in total. The summed E-state index contributed by atoms with van der Waals surface area (Å²) in [5.74, 6) is 0.876. The minimum Gasteiger partial charge on any atom is -0.497 e. The molecule has 0 bridgehead atoms. The molecule has 3 heterocycles. The van der Waals surface area contributed by atoms with Crippen molar-refractivity contribution in [2.45, 2.75) is 25.3 Å². The number of methoxy groups -OCH3 is 1. The van der Waals surface area contributed by atoms with Gasteiger partial charge in [0.2, 0.25) is 5.91 Å². The number of benzene rings is 1. The summed E-state index contributed by atoms with van der Waals surface area (Å²) in [6, 6.07) is 5.81. The number of aromatic nitrogens is 2. The molecule has 25 heavy (non-hydrogen) atoms. The molecule has 1 saturated heterocycles. The van der Waals surface area contributed by atoms with E-state index < -0.39 is 0 Å². The van der Waals surface area contributed by atoms with Gasteiger partial charge >= 0.3 is 0 Å². The van der Waals surface area contributed by atoms with E-state index in [1.54, 1.807) is 18.1 Å². The number of hydrogen-bond acceptors (Lipinski definition) is 4. The number of furan rings is 1. The summed E-state index contributed by atoms with van der Waals surface area (Å²) in [6.45, 7) is 0.794. The number of aryl methyl sites for hydroxylation is 1. The maximum Gasteiger partial charge on any atom is 0.227 e. The number of hydrogen-bond donors (Lipinski definition) is 0. The lowest BCUT2D eigenvalue weighted by Gasteiger charge is -2.23. The molecule has 1 aromatic carbocycles. The first-order chi connectivity index (χ1) is 12.2. The van der Waals surface area contributed by atoms with E-state index >= 15 is 0 Å². The molecule has 0 saturated carbocycles. The van der Waals surface area contributed by atoms with Crippen molar-refractivity contribution in [1.82, 2.24) is 14.7 Å². The summed E-state index contributed by atoms with van der Waals surface area (Å²) < 4.78 is 12.6. The van der Waals surface area contributed by atoms with E-state index in [9.17, 15) is 4.79 Å². The van der Waals surface area contributed by atoms with Gasteiger partial charge in [0.15, 0.2) is 0 Å². The van der Waals surface area contributed by atoms with E-state index in [0.717, 1.165) is 47.2 Å². The third-order valence-electron chi connectivity index (χ3n) is 4.89. The van der Waals surface area contributed by atoms with Gasteiger partial charge in [-0.25, -0.2) is 0 Å².